The summed E-state index contributed by atoms with van der Waals surface area (Å²) < 4.78 is 41.2. The van der Waals surface area contributed by atoms with Crippen molar-refractivity contribution in [3.05, 3.63) is 34.6 Å². The summed E-state index contributed by atoms with van der Waals surface area (Å²) in [5, 5.41) is 0. The zero-order chi connectivity index (χ0) is 13.3. The third-order valence-corrected chi connectivity index (χ3v) is 4.21. The highest BCUT2D eigenvalue weighted by Gasteiger charge is 2.28. The van der Waals surface area contributed by atoms with Crippen molar-refractivity contribution < 1.29 is 13.2 Å². The fourth-order valence-corrected chi connectivity index (χ4v) is 2.96. The maximum absolute atomic E-state index is 13.9. The largest absolute Gasteiger partial charge is 0.207 e. The number of halogens is 3. The fourth-order valence-electron chi connectivity index (χ4n) is 2.96. The molecule has 2 rings (SSSR count). The quantitative estimate of drug-likeness (QED) is 0.646. The first-order chi connectivity index (χ1) is 8.54. The predicted octanol–water partition coefficient (Wildman–Crippen LogP) is 5.10. The number of rotatable bonds is 2. The molecule has 0 nitrogen and oxygen atoms in total. The lowest BCUT2D eigenvalue weighted by molar-refractivity contribution is 0.306. The molecule has 0 radical (unpaired) electrons. The molecule has 0 N–H and O–H groups in total. The van der Waals surface area contributed by atoms with Gasteiger partial charge in [0, 0.05) is 5.56 Å². The topological polar surface area (TPSA) is 0 Å². The summed E-state index contributed by atoms with van der Waals surface area (Å²) in [4.78, 5) is 0. The van der Waals surface area contributed by atoms with E-state index in [2.05, 4.69) is 6.92 Å². The Hall–Kier alpha value is -0.990. The highest BCUT2D eigenvalue weighted by atomic mass is 19.2. The molecule has 0 aliphatic heterocycles. The van der Waals surface area contributed by atoms with Gasteiger partial charge in [0.25, 0.3) is 0 Å². The van der Waals surface area contributed by atoms with E-state index in [1.54, 1.807) is 0 Å². The second-order valence-electron chi connectivity index (χ2n) is 5.34. The van der Waals surface area contributed by atoms with Gasteiger partial charge in [-0.25, -0.2) is 13.2 Å². The van der Waals surface area contributed by atoms with Crippen LogP contribution >= 0.6 is 0 Å². The lowest BCUT2D eigenvalue weighted by Gasteiger charge is -2.28. The maximum atomic E-state index is 13.9. The number of hydrogen-bond acceptors (Lipinski definition) is 0. The molecule has 0 saturated heterocycles. The van der Waals surface area contributed by atoms with E-state index in [9.17, 15) is 13.2 Å². The van der Waals surface area contributed by atoms with Gasteiger partial charge >= 0.3 is 0 Å². The van der Waals surface area contributed by atoms with Crippen molar-refractivity contribution in [3.63, 3.8) is 0 Å². The third kappa shape index (κ3) is 2.40. The smallest absolute Gasteiger partial charge is 0.165 e. The molecular formula is C15H19F3. The van der Waals surface area contributed by atoms with Crippen LogP contribution in [0.3, 0.4) is 0 Å². The Bertz CT molecular complexity index is 432. The Kier molecular flexibility index (Phi) is 3.98. The monoisotopic (exact) mass is 256 g/mol. The van der Waals surface area contributed by atoms with Gasteiger partial charge in [0.1, 0.15) is 5.82 Å². The Labute approximate surface area is 106 Å². The van der Waals surface area contributed by atoms with Crippen LogP contribution in [0.15, 0.2) is 6.07 Å². The molecule has 18 heavy (non-hydrogen) atoms. The van der Waals surface area contributed by atoms with Gasteiger partial charge < -0.3 is 0 Å². The predicted molar refractivity (Wildman–Crippen MR) is 66.0 cm³/mol. The van der Waals surface area contributed by atoms with Crippen LogP contribution in [0.1, 0.15) is 56.1 Å². The molecule has 100 valence electrons. The Morgan fingerprint density at radius 2 is 1.67 bits per heavy atom. The number of aryl methyl sites for hydroxylation is 1. The van der Waals surface area contributed by atoms with Gasteiger partial charge in [0.05, 0.1) is 0 Å². The van der Waals surface area contributed by atoms with Gasteiger partial charge in [-0.3, -0.25) is 0 Å². The van der Waals surface area contributed by atoms with Gasteiger partial charge in [-0.15, -0.1) is 0 Å². The van der Waals surface area contributed by atoms with Crippen molar-refractivity contribution >= 4 is 0 Å². The highest BCUT2D eigenvalue weighted by Crippen LogP contribution is 2.39. The van der Waals surface area contributed by atoms with Crippen LogP contribution in [0, 0.1) is 30.3 Å². The molecule has 0 spiro atoms. The van der Waals surface area contributed by atoms with E-state index in [4.69, 9.17) is 0 Å². The maximum Gasteiger partial charge on any atom is 0.165 e. The molecule has 0 unspecified atom stereocenters. The van der Waals surface area contributed by atoms with Gasteiger partial charge in [-0.2, -0.15) is 0 Å². The molecule has 0 amide bonds. The Balaban J connectivity index is 2.27. The molecule has 3 heteroatoms. The molecular weight excluding hydrogens is 237 g/mol. The van der Waals surface area contributed by atoms with Gasteiger partial charge in [0.15, 0.2) is 11.6 Å². The lowest BCUT2D eigenvalue weighted by atomic mass is 9.77. The van der Waals surface area contributed by atoms with E-state index in [1.807, 2.05) is 0 Å². The SMILES string of the molecule is CCC1CCC(c2c(F)cc(C)c(F)c2F)CC1. The summed E-state index contributed by atoms with van der Waals surface area (Å²) in [6, 6.07) is 1.11. The van der Waals surface area contributed by atoms with E-state index >= 15 is 0 Å². The summed E-state index contributed by atoms with van der Waals surface area (Å²) in [5.41, 5.74) is 0.00338. The average molecular weight is 256 g/mol. The van der Waals surface area contributed by atoms with Crippen LogP contribution < -0.4 is 0 Å². The standard InChI is InChI=1S/C15H19F3/c1-3-10-4-6-11(7-5-10)13-12(16)8-9(2)14(17)15(13)18/h8,10-11H,3-7H2,1-2H3. The van der Waals surface area contributed by atoms with E-state index < -0.39 is 17.5 Å². The second kappa shape index (κ2) is 5.33. The molecule has 0 aromatic heterocycles. The average Bonchev–Trinajstić information content (AvgIpc) is 2.37. The van der Waals surface area contributed by atoms with Crippen molar-refractivity contribution in [2.75, 3.05) is 0 Å². The van der Waals surface area contributed by atoms with Crippen LogP contribution in [0.25, 0.3) is 0 Å². The van der Waals surface area contributed by atoms with Crippen molar-refractivity contribution in [2.24, 2.45) is 5.92 Å². The molecule has 1 saturated carbocycles. The van der Waals surface area contributed by atoms with E-state index in [0.717, 1.165) is 38.2 Å². The summed E-state index contributed by atoms with van der Waals surface area (Å²) in [6.07, 6.45) is 4.59. The molecule has 1 aromatic rings. The Morgan fingerprint density at radius 1 is 1.06 bits per heavy atom. The molecule has 0 bridgehead atoms. The van der Waals surface area contributed by atoms with Gasteiger partial charge in [-0.05, 0) is 56.1 Å². The van der Waals surface area contributed by atoms with Crippen LogP contribution in [-0.4, -0.2) is 0 Å². The first-order valence-corrected chi connectivity index (χ1v) is 6.68. The van der Waals surface area contributed by atoms with Crippen molar-refractivity contribution in [2.45, 2.75) is 51.9 Å². The van der Waals surface area contributed by atoms with Crippen molar-refractivity contribution in [1.29, 1.82) is 0 Å². The molecule has 1 fully saturated rings. The van der Waals surface area contributed by atoms with Crippen LogP contribution in [0.5, 0.6) is 0 Å². The van der Waals surface area contributed by atoms with E-state index in [1.165, 1.54) is 6.92 Å². The molecule has 0 atom stereocenters. The zero-order valence-corrected chi connectivity index (χ0v) is 10.9. The lowest BCUT2D eigenvalue weighted by Crippen LogP contribution is -2.16. The number of benzene rings is 1. The molecule has 0 heterocycles. The normalized spacial score (nSPS) is 24.3. The van der Waals surface area contributed by atoms with Crippen LogP contribution in [0.2, 0.25) is 0 Å². The first-order valence-electron chi connectivity index (χ1n) is 6.68. The molecule has 1 aliphatic rings. The molecule has 1 aromatic carbocycles. The zero-order valence-electron chi connectivity index (χ0n) is 10.9. The Morgan fingerprint density at radius 3 is 2.22 bits per heavy atom. The summed E-state index contributed by atoms with van der Waals surface area (Å²) >= 11 is 0. The third-order valence-electron chi connectivity index (χ3n) is 4.21. The van der Waals surface area contributed by atoms with Crippen molar-refractivity contribution in [3.8, 4) is 0 Å². The summed E-state index contributed by atoms with van der Waals surface area (Å²) in [6.45, 7) is 3.52. The second-order valence-corrected chi connectivity index (χ2v) is 5.34. The van der Waals surface area contributed by atoms with Crippen molar-refractivity contribution in [1.82, 2.24) is 0 Å². The first kappa shape index (κ1) is 13.4. The number of hydrogen-bond donors (Lipinski definition) is 0. The van der Waals surface area contributed by atoms with Crippen LogP contribution in [0.4, 0.5) is 13.2 Å². The minimum Gasteiger partial charge on any atom is -0.207 e. The van der Waals surface area contributed by atoms with E-state index in [-0.39, 0.29) is 17.0 Å². The summed E-state index contributed by atoms with van der Waals surface area (Å²) in [5.74, 6) is -1.98. The van der Waals surface area contributed by atoms with Gasteiger partial charge in [0.2, 0.25) is 0 Å². The minimum absolute atomic E-state index is 0.0346. The van der Waals surface area contributed by atoms with Crippen LogP contribution in [-0.2, 0) is 0 Å². The van der Waals surface area contributed by atoms with E-state index in [0.29, 0.717) is 5.92 Å². The van der Waals surface area contributed by atoms with Gasteiger partial charge in [-0.1, -0.05) is 13.3 Å². The minimum atomic E-state index is -0.979. The highest BCUT2D eigenvalue weighted by molar-refractivity contribution is 5.30. The summed E-state index contributed by atoms with van der Waals surface area (Å²) in [7, 11) is 0. The molecule has 1 aliphatic carbocycles. The fraction of sp³-hybridized carbons (Fsp3) is 0.600.